The van der Waals surface area contributed by atoms with Gasteiger partial charge in [0.25, 0.3) is 0 Å². The molecule has 2 N–H and O–H groups in total. The van der Waals surface area contributed by atoms with E-state index >= 15 is 0 Å². The van der Waals surface area contributed by atoms with E-state index < -0.39 is 10.0 Å². The Morgan fingerprint density at radius 2 is 2.18 bits per heavy atom. The molecule has 1 aliphatic heterocycles. The SMILES string of the molecule is CC(NS(=O)(=O)C1CCNCC1)c1ccsc1. The summed E-state index contributed by atoms with van der Waals surface area (Å²) in [6.07, 6.45) is 1.40. The van der Waals surface area contributed by atoms with Gasteiger partial charge in [0.1, 0.15) is 0 Å². The Kier molecular flexibility index (Phi) is 4.19. The lowest BCUT2D eigenvalue weighted by Gasteiger charge is -2.24. The van der Waals surface area contributed by atoms with E-state index in [-0.39, 0.29) is 11.3 Å². The maximum Gasteiger partial charge on any atom is 0.215 e. The van der Waals surface area contributed by atoms with Crippen LogP contribution in [0.3, 0.4) is 0 Å². The molecule has 0 saturated carbocycles. The van der Waals surface area contributed by atoms with Gasteiger partial charge in [0, 0.05) is 6.04 Å². The van der Waals surface area contributed by atoms with Crippen LogP contribution in [0, 0.1) is 0 Å². The molecule has 1 atom stereocenters. The molecule has 0 radical (unpaired) electrons. The van der Waals surface area contributed by atoms with Crippen LogP contribution in [0.2, 0.25) is 0 Å². The molecule has 0 bridgehead atoms. The topological polar surface area (TPSA) is 58.2 Å². The number of rotatable bonds is 4. The van der Waals surface area contributed by atoms with Crippen LogP contribution in [0.25, 0.3) is 0 Å². The quantitative estimate of drug-likeness (QED) is 0.874. The molecule has 96 valence electrons. The predicted molar refractivity (Wildman–Crippen MR) is 70.7 cm³/mol. The fourth-order valence-corrected chi connectivity index (χ4v) is 4.47. The zero-order valence-corrected chi connectivity index (χ0v) is 11.5. The molecule has 1 aromatic heterocycles. The Morgan fingerprint density at radius 3 is 2.76 bits per heavy atom. The highest BCUT2D eigenvalue weighted by molar-refractivity contribution is 7.90. The average Bonchev–Trinajstić information content (AvgIpc) is 2.83. The normalized spacial score (nSPS) is 20.3. The molecule has 1 fully saturated rings. The molecule has 1 saturated heterocycles. The first-order chi connectivity index (χ1) is 8.09. The minimum Gasteiger partial charge on any atom is -0.317 e. The monoisotopic (exact) mass is 274 g/mol. The number of sulfonamides is 1. The summed E-state index contributed by atoms with van der Waals surface area (Å²) in [6, 6.07) is 1.82. The van der Waals surface area contributed by atoms with E-state index in [1.807, 2.05) is 23.8 Å². The van der Waals surface area contributed by atoms with E-state index in [0.717, 1.165) is 18.7 Å². The smallest absolute Gasteiger partial charge is 0.215 e. The van der Waals surface area contributed by atoms with Gasteiger partial charge >= 0.3 is 0 Å². The number of hydrogen-bond donors (Lipinski definition) is 2. The Hall–Kier alpha value is -0.430. The van der Waals surface area contributed by atoms with Crippen molar-refractivity contribution in [1.29, 1.82) is 0 Å². The Labute approximate surface area is 106 Å². The fraction of sp³-hybridized carbons (Fsp3) is 0.636. The maximum atomic E-state index is 12.2. The van der Waals surface area contributed by atoms with Crippen LogP contribution < -0.4 is 10.0 Å². The second-order valence-corrected chi connectivity index (χ2v) is 7.16. The third-order valence-corrected chi connectivity index (χ3v) is 5.84. The van der Waals surface area contributed by atoms with Gasteiger partial charge in [-0.3, -0.25) is 0 Å². The predicted octanol–water partition coefficient (Wildman–Crippen LogP) is 1.48. The van der Waals surface area contributed by atoms with Crippen LogP contribution in [-0.2, 0) is 10.0 Å². The van der Waals surface area contributed by atoms with Crippen molar-refractivity contribution in [3.8, 4) is 0 Å². The molecule has 0 spiro atoms. The average molecular weight is 274 g/mol. The summed E-state index contributed by atoms with van der Waals surface area (Å²) in [6.45, 7) is 3.47. The third kappa shape index (κ3) is 3.28. The lowest BCUT2D eigenvalue weighted by molar-refractivity contribution is 0.484. The van der Waals surface area contributed by atoms with Crippen molar-refractivity contribution in [2.45, 2.75) is 31.1 Å². The summed E-state index contributed by atoms with van der Waals surface area (Å²) >= 11 is 1.58. The van der Waals surface area contributed by atoms with Crippen molar-refractivity contribution < 1.29 is 8.42 Å². The molecule has 2 rings (SSSR count). The summed E-state index contributed by atoms with van der Waals surface area (Å²) in [5, 5.41) is 6.88. The molecule has 0 aliphatic carbocycles. The number of piperidine rings is 1. The van der Waals surface area contributed by atoms with Gasteiger partial charge in [-0.05, 0) is 55.2 Å². The van der Waals surface area contributed by atoms with Crippen molar-refractivity contribution in [3.05, 3.63) is 22.4 Å². The van der Waals surface area contributed by atoms with Crippen LogP contribution in [0.5, 0.6) is 0 Å². The molecule has 0 amide bonds. The van der Waals surface area contributed by atoms with Gasteiger partial charge < -0.3 is 5.32 Å². The largest absolute Gasteiger partial charge is 0.317 e. The van der Waals surface area contributed by atoms with Crippen molar-refractivity contribution in [1.82, 2.24) is 10.0 Å². The number of nitrogens with one attached hydrogen (secondary N) is 2. The first-order valence-electron chi connectivity index (χ1n) is 5.83. The van der Waals surface area contributed by atoms with Crippen molar-refractivity contribution in [2.24, 2.45) is 0 Å². The molecule has 2 heterocycles. The first-order valence-corrected chi connectivity index (χ1v) is 8.32. The van der Waals surface area contributed by atoms with Gasteiger partial charge in [-0.15, -0.1) is 0 Å². The van der Waals surface area contributed by atoms with Gasteiger partial charge in [-0.1, -0.05) is 0 Å². The number of thiophene rings is 1. The molecule has 1 unspecified atom stereocenters. The highest BCUT2D eigenvalue weighted by Crippen LogP contribution is 2.19. The van der Waals surface area contributed by atoms with Crippen molar-refractivity contribution in [3.63, 3.8) is 0 Å². The Balaban J connectivity index is 2.01. The van der Waals surface area contributed by atoms with E-state index in [2.05, 4.69) is 10.0 Å². The van der Waals surface area contributed by atoms with Gasteiger partial charge in [-0.2, -0.15) is 11.3 Å². The molecular formula is C11H18N2O2S2. The lowest BCUT2D eigenvalue weighted by atomic mass is 10.2. The summed E-state index contributed by atoms with van der Waals surface area (Å²) in [5.41, 5.74) is 1.03. The third-order valence-electron chi connectivity index (χ3n) is 3.11. The van der Waals surface area contributed by atoms with Crippen molar-refractivity contribution in [2.75, 3.05) is 13.1 Å². The summed E-state index contributed by atoms with van der Waals surface area (Å²) in [5.74, 6) is 0. The minimum absolute atomic E-state index is 0.138. The van der Waals surface area contributed by atoms with E-state index in [1.54, 1.807) is 11.3 Å². The first kappa shape index (κ1) is 13.0. The van der Waals surface area contributed by atoms with Crippen LogP contribution in [0.15, 0.2) is 16.8 Å². The van der Waals surface area contributed by atoms with Crippen molar-refractivity contribution >= 4 is 21.4 Å². The minimum atomic E-state index is -3.19. The molecule has 4 nitrogen and oxygen atoms in total. The highest BCUT2D eigenvalue weighted by atomic mass is 32.2. The Morgan fingerprint density at radius 1 is 1.47 bits per heavy atom. The standard InChI is InChI=1S/C11H18N2O2S2/c1-9(10-4-7-16-8-10)13-17(14,15)11-2-5-12-6-3-11/h4,7-9,11-13H,2-3,5-6H2,1H3. The van der Waals surface area contributed by atoms with E-state index in [4.69, 9.17) is 0 Å². The van der Waals surface area contributed by atoms with Crippen LogP contribution in [-0.4, -0.2) is 26.8 Å². The Bertz CT molecular complexity index is 436. The fourth-order valence-electron chi connectivity index (χ4n) is 2.04. The highest BCUT2D eigenvalue weighted by Gasteiger charge is 2.28. The molecule has 0 aromatic carbocycles. The molecule has 17 heavy (non-hydrogen) atoms. The molecule has 6 heteroatoms. The summed E-state index contributed by atoms with van der Waals surface area (Å²) < 4.78 is 27.1. The van der Waals surface area contributed by atoms with Gasteiger partial charge in [0.15, 0.2) is 0 Å². The van der Waals surface area contributed by atoms with E-state index in [0.29, 0.717) is 12.8 Å². The molecule has 1 aliphatic rings. The summed E-state index contributed by atoms with van der Waals surface area (Å²) in [4.78, 5) is 0. The second kappa shape index (κ2) is 5.48. The van der Waals surface area contributed by atoms with Crippen LogP contribution in [0.4, 0.5) is 0 Å². The van der Waals surface area contributed by atoms with Gasteiger partial charge in [-0.25, -0.2) is 13.1 Å². The van der Waals surface area contributed by atoms with Crippen LogP contribution in [0.1, 0.15) is 31.4 Å². The second-order valence-electron chi connectivity index (χ2n) is 4.39. The molecular weight excluding hydrogens is 256 g/mol. The van der Waals surface area contributed by atoms with Gasteiger partial charge in [0.05, 0.1) is 5.25 Å². The lowest BCUT2D eigenvalue weighted by Crippen LogP contribution is -2.42. The maximum absolute atomic E-state index is 12.2. The van der Waals surface area contributed by atoms with Crippen LogP contribution >= 0.6 is 11.3 Å². The zero-order chi connectivity index (χ0) is 12.3. The van der Waals surface area contributed by atoms with E-state index in [9.17, 15) is 8.42 Å². The van der Waals surface area contributed by atoms with Gasteiger partial charge in [0.2, 0.25) is 10.0 Å². The van der Waals surface area contributed by atoms with E-state index in [1.165, 1.54) is 0 Å². The zero-order valence-electron chi connectivity index (χ0n) is 9.85. The number of hydrogen-bond acceptors (Lipinski definition) is 4. The summed E-state index contributed by atoms with van der Waals surface area (Å²) in [7, 11) is -3.19. The molecule has 1 aromatic rings.